The van der Waals surface area contributed by atoms with Gasteiger partial charge in [0.1, 0.15) is 12.4 Å². The molecule has 0 radical (unpaired) electrons. The van der Waals surface area contributed by atoms with Crippen LogP contribution in [-0.4, -0.2) is 61.6 Å². The van der Waals surface area contributed by atoms with Crippen molar-refractivity contribution in [3.63, 3.8) is 0 Å². The molecule has 1 aliphatic heterocycles. The highest BCUT2D eigenvalue weighted by atomic mass is 35.5. The third-order valence-corrected chi connectivity index (χ3v) is 5.25. The molecule has 28 heavy (non-hydrogen) atoms. The third-order valence-electron chi connectivity index (χ3n) is 5.00. The fraction of sp³-hybridized carbons (Fsp3) is 0.409. The molecular formula is C22H28ClN3O2. The van der Waals surface area contributed by atoms with E-state index in [0.717, 1.165) is 44.0 Å². The molecule has 150 valence electrons. The van der Waals surface area contributed by atoms with Gasteiger partial charge in [-0.1, -0.05) is 41.9 Å². The summed E-state index contributed by atoms with van der Waals surface area (Å²) in [4.78, 5) is 16.9. The lowest BCUT2D eigenvalue weighted by Gasteiger charge is -2.34. The normalized spacial score (nSPS) is 16.5. The molecule has 0 aliphatic carbocycles. The molecule has 2 aromatic rings. The van der Waals surface area contributed by atoms with E-state index in [1.165, 1.54) is 0 Å². The van der Waals surface area contributed by atoms with Crippen LogP contribution in [0.5, 0.6) is 5.75 Å². The second kappa shape index (κ2) is 10.5. The summed E-state index contributed by atoms with van der Waals surface area (Å²) in [6, 6.07) is 17.5. The van der Waals surface area contributed by atoms with E-state index in [1.807, 2.05) is 61.5 Å². The minimum atomic E-state index is -0.0267. The molecule has 0 spiro atoms. The van der Waals surface area contributed by atoms with Gasteiger partial charge in [-0.25, -0.2) is 0 Å². The fourth-order valence-corrected chi connectivity index (χ4v) is 3.43. The van der Waals surface area contributed by atoms with Crippen molar-refractivity contribution in [3.05, 3.63) is 65.2 Å². The van der Waals surface area contributed by atoms with Crippen LogP contribution in [0.1, 0.15) is 18.5 Å². The highest BCUT2D eigenvalue weighted by molar-refractivity contribution is 6.30. The van der Waals surface area contributed by atoms with Gasteiger partial charge in [0, 0.05) is 37.7 Å². The first-order chi connectivity index (χ1) is 13.6. The molecule has 1 amide bonds. The Bertz CT molecular complexity index is 731. The van der Waals surface area contributed by atoms with E-state index in [1.54, 1.807) is 0 Å². The topological polar surface area (TPSA) is 44.8 Å². The summed E-state index contributed by atoms with van der Waals surface area (Å²) < 4.78 is 5.77. The van der Waals surface area contributed by atoms with Crippen LogP contribution in [0.25, 0.3) is 0 Å². The number of hydrogen-bond acceptors (Lipinski definition) is 4. The monoisotopic (exact) mass is 401 g/mol. The van der Waals surface area contributed by atoms with Gasteiger partial charge in [0.25, 0.3) is 0 Å². The standard InChI is InChI=1S/C22H28ClN3O2/c1-18(19-7-9-20(23)10-8-19)24-22(27)17-26-13-11-25(12-14-26)15-16-28-21-5-3-2-4-6-21/h2-10,18H,11-17H2,1H3,(H,24,27). The van der Waals surface area contributed by atoms with Crippen molar-refractivity contribution in [2.24, 2.45) is 0 Å². The maximum atomic E-state index is 12.4. The zero-order valence-corrected chi connectivity index (χ0v) is 17.1. The van der Waals surface area contributed by atoms with Gasteiger partial charge in [-0.3, -0.25) is 14.6 Å². The molecule has 1 aliphatic rings. The van der Waals surface area contributed by atoms with Crippen LogP contribution in [0, 0.1) is 0 Å². The summed E-state index contributed by atoms with van der Waals surface area (Å²) in [5.41, 5.74) is 1.06. The van der Waals surface area contributed by atoms with Gasteiger partial charge in [0.15, 0.2) is 0 Å². The van der Waals surface area contributed by atoms with Crippen molar-refractivity contribution in [2.45, 2.75) is 13.0 Å². The highest BCUT2D eigenvalue weighted by Gasteiger charge is 2.19. The lowest BCUT2D eigenvalue weighted by Crippen LogP contribution is -2.50. The summed E-state index contributed by atoms with van der Waals surface area (Å²) in [6.07, 6.45) is 0. The molecule has 1 N–H and O–H groups in total. The third kappa shape index (κ3) is 6.51. The number of nitrogens with one attached hydrogen (secondary N) is 1. The molecule has 5 nitrogen and oxygen atoms in total. The summed E-state index contributed by atoms with van der Waals surface area (Å²) in [5, 5.41) is 3.77. The van der Waals surface area contributed by atoms with Gasteiger partial charge in [-0.2, -0.15) is 0 Å². The molecule has 0 saturated carbocycles. The number of carbonyl (C=O) groups is 1. The Kier molecular flexibility index (Phi) is 7.71. The molecule has 1 fully saturated rings. The molecular weight excluding hydrogens is 374 g/mol. The van der Waals surface area contributed by atoms with Crippen LogP contribution in [0.4, 0.5) is 0 Å². The van der Waals surface area contributed by atoms with Gasteiger partial charge in [-0.05, 0) is 36.8 Å². The van der Waals surface area contributed by atoms with Crippen LogP contribution >= 0.6 is 11.6 Å². The van der Waals surface area contributed by atoms with Crippen LogP contribution in [-0.2, 0) is 4.79 Å². The van der Waals surface area contributed by atoms with Crippen molar-refractivity contribution in [1.29, 1.82) is 0 Å². The number of rotatable bonds is 8. The number of para-hydroxylation sites is 1. The summed E-state index contributed by atoms with van der Waals surface area (Å²) >= 11 is 5.92. The van der Waals surface area contributed by atoms with E-state index in [4.69, 9.17) is 16.3 Å². The van der Waals surface area contributed by atoms with Crippen molar-refractivity contribution < 1.29 is 9.53 Å². The first kappa shape index (κ1) is 20.6. The average molecular weight is 402 g/mol. The SMILES string of the molecule is CC(NC(=O)CN1CCN(CCOc2ccccc2)CC1)c1ccc(Cl)cc1. The molecule has 1 atom stereocenters. The van der Waals surface area contributed by atoms with Gasteiger partial charge >= 0.3 is 0 Å². The number of ether oxygens (including phenoxy) is 1. The molecule has 0 aromatic heterocycles. The van der Waals surface area contributed by atoms with Crippen LogP contribution < -0.4 is 10.1 Å². The smallest absolute Gasteiger partial charge is 0.234 e. The molecule has 0 bridgehead atoms. The summed E-state index contributed by atoms with van der Waals surface area (Å²) in [6.45, 7) is 7.72. The van der Waals surface area contributed by atoms with Gasteiger partial charge in [-0.15, -0.1) is 0 Å². The molecule has 1 saturated heterocycles. The second-order valence-corrected chi connectivity index (χ2v) is 7.56. The van der Waals surface area contributed by atoms with Crippen LogP contribution in [0.3, 0.4) is 0 Å². The lowest BCUT2D eigenvalue weighted by molar-refractivity contribution is -0.123. The van der Waals surface area contributed by atoms with Crippen LogP contribution in [0.15, 0.2) is 54.6 Å². The summed E-state index contributed by atoms with van der Waals surface area (Å²) in [5.74, 6) is 0.968. The van der Waals surface area contributed by atoms with Gasteiger partial charge in [0.2, 0.25) is 5.91 Å². The van der Waals surface area contributed by atoms with Gasteiger partial charge < -0.3 is 10.1 Å². The Morgan fingerprint density at radius 1 is 1.04 bits per heavy atom. The maximum absolute atomic E-state index is 12.4. The minimum Gasteiger partial charge on any atom is -0.492 e. The van der Waals surface area contributed by atoms with E-state index in [-0.39, 0.29) is 11.9 Å². The van der Waals surface area contributed by atoms with Crippen molar-refractivity contribution in [2.75, 3.05) is 45.9 Å². The Hall–Kier alpha value is -2.08. The molecule has 2 aromatic carbocycles. The zero-order valence-electron chi connectivity index (χ0n) is 16.3. The Morgan fingerprint density at radius 2 is 1.68 bits per heavy atom. The minimum absolute atomic E-state index is 0.0267. The zero-order chi connectivity index (χ0) is 19.8. The Labute approximate surface area is 172 Å². The van der Waals surface area contributed by atoms with Crippen molar-refractivity contribution in [1.82, 2.24) is 15.1 Å². The predicted molar refractivity (Wildman–Crippen MR) is 113 cm³/mol. The van der Waals surface area contributed by atoms with E-state index < -0.39 is 0 Å². The number of piperazine rings is 1. The molecule has 3 rings (SSSR count). The highest BCUT2D eigenvalue weighted by Crippen LogP contribution is 2.16. The quantitative estimate of drug-likeness (QED) is 0.737. The maximum Gasteiger partial charge on any atom is 0.234 e. The Morgan fingerprint density at radius 3 is 2.36 bits per heavy atom. The number of benzene rings is 2. The number of nitrogens with zero attached hydrogens (tertiary/aromatic N) is 2. The predicted octanol–water partition coefficient (Wildman–Crippen LogP) is 3.21. The number of amides is 1. The van der Waals surface area contributed by atoms with Crippen LogP contribution in [0.2, 0.25) is 5.02 Å². The Balaban J connectivity index is 1.33. The molecule has 1 heterocycles. The average Bonchev–Trinajstić information content (AvgIpc) is 2.70. The number of hydrogen-bond donors (Lipinski definition) is 1. The van der Waals surface area contributed by atoms with E-state index in [9.17, 15) is 4.79 Å². The lowest BCUT2D eigenvalue weighted by atomic mass is 10.1. The van der Waals surface area contributed by atoms with E-state index in [0.29, 0.717) is 18.2 Å². The van der Waals surface area contributed by atoms with E-state index >= 15 is 0 Å². The summed E-state index contributed by atoms with van der Waals surface area (Å²) in [7, 11) is 0. The first-order valence-electron chi connectivity index (χ1n) is 9.77. The van der Waals surface area contributed by atoms with Crippen molar-refractivity contribution in [3.8, 4) is 5.75 Å². The van der Waals surface area contributed by atoms with Gasteiger partial charge in [0.05, 0.1) is 12.6 Å². The fourth-order valence-electron chi connectivity index (χ4n) is 3.31. The van der Waals surface area contributed by atoms with E-state index in [2.05, 4.69) is 15.1 Å². The number of halogens is 1. The largest absolute Gasteiger partial charge is 0.492 e. The molecule has 6 heteroatoms. The second-order valence-electron chi connectivity index (χ2n) is 7.12. The first-order valence-corrected chi connectivity index (χ1v) is 10.2. The number of carbonyl (C=O) groups excluding carboxylic acids is 1. The molecule has 1 unspecified atom stereocenters. The van der Waals surface area contributed by atoms with Crippen molar-refractivity contribution >= 4 is 17.5 Å².